The van der Waals surface area contributed by atoms with E-state index in [1.165, 1.54) is 24.3 Å². The van der Waals surface area contributed by atoms with Crippen LogP contribution < -0.4 is 5.56 Å². The predicted molar refractivity (Wildman–Crippen MR) is 59.8 cm³/mol. The Morgan fingerprint density at radius 1 is 1.18 bits per heavy atom. The van der Waals surface area contributed by atoms with Crippen molar-refractivity contribution in [3.05, 3.63) is 64.6 Å². The van der Waals surface area contributed by atoms with Gasteiger partial charge in [0.1, 0.15) is 5.69 Å². The van der Waals surface area contributed by atoms with E-state index in [0.29, 0.717) is 10.4 Å². The van der Waals surface area contributed by atoms with E-state index >= 15 is 0 Å². The van der Waals surface area contributed by atoms with Crippen LogP contribution in [0.1, 0.15) is 5.69 Å². The van der Waals surface area contributed by atoms with Gasteiger partial charge in [-0.25, -0.2) is 8.78 Å². The van der Waals surface area contributed by atoms with Gasteiger partial charge in [0, 0.05) is 6.07 Å². The SMILES string of the molecule is C=Cc1ccc(=O)n(-c2c(F)cccc2F)n1. The Labute approximate surface area is 95.6 Å². The molecule has 1 aromatic heterocycles. The minimum atomic E-state index is -0.846. The molecule has 0 N–H and O–H groups in total. The molecule has 0 spiro atoms. The molecule has 0 atom stereocenters. The van der Waals surface area contributed by atoms with Crippen LogP contribution in [0.15, 0.2) is 41.7 Å². The van der Waals surface area contributed by atoms with Crippen LogP contribution in [-0.4, -0.2) is 9.78 Å². The zero-order valence-electron chi connectivity index (χ0n) is 8.73. The molecular formula is C12H8F2N2O. The van der Waals surface area contributed by atoms with Gasteiger partial charge in [-0.15, -0.1) is 0 Å². The fraction of sp³-hybridized carbons (Fsp3) is 0. The molecule has 3 nitrogen and oxygen atoms in total. The fourth-order valence-electron chi connectivity index (χ4n) is 1.39. The molecule has 17 heavy (non-hydrogen) atoms. The van der Waals surface area contributed by atoms with E-state index in [0.717, 1.165) is 12.1 Å². The van der Waals surface area contributed by atoms with Gasteiger partial charge in [0.2, 0.25) is 0 Å². The Kier molecular flexibility index (Phi) is 2.82. The molecule has 0 aliphatic heterocycles. The van der Waals surface area contributed by atoms with E-state index < -0.39 is 22.9 Å². The average molecular weight is 234 g/mol. The summed E-state index contributed by atoms with van der Waals surface area (Å²) in [7, 11) is 0. The van der Waals surface area contributed by atoms with Crippen LogP contribution in [0.3, 0.4) is 0 Å². The van der Waals surface area contributed by atoms with Crippen LogP contribution in [0.5, 0.6) is 0 Å². The summed E-state index contributed by atoms with van der Waals surface area (Å²) >= 11 is 0. The molecule has 0 aliphatic carbocycles. The predicted octanol–water partition coefficient (Wildman–Crippen LogP) is 2.15. The van der Waals surface area contributed by atoms with Gasteiger partial charge >= 0.3 is 0 Å². The summed E-state index contributed by atoms with van der Waals surface area (Å²) in [6, 6.07) is 5.94. The second-order valence-corrected chi connectivity index (χ2v) is 3.28. The lowest BCUT2D eigenvalue weighted by Gasteiger charge is -2.07. The molecule has 2 aromatic rings. The van der Waals surface area contributed by atoms with Crippen molar-refractivity contribution in [1.82, 2.24) is 9.78 Å². The van der Waals surface area contributed by atoms with Crippen molar-refractivity contribution in [2.75, 3.05) is 0 Å². The number of hydrogen-bond donors (Lipinski definition) is 0. The van der Waals surface area contributed by atoms with E-state index in [1.54, 1.807) is 0 Å². The summed E-state index contributed by atoms with van der Waals surface area (Å²) in [5.74, 6) is -1.69. The lowest BCUT2D eigenvalue weighted by molar-refractivity contribution is 0.553. The van der Waals surface area contributed by atoms with Crippen LogP contribution in [-0.2, 0) is 0 Å². The number of halogens is 2. The first-order valence-electron chi connectivity index (χ1n) is 4.80. The molecule has 0 saturated carbocycles. The number of aromatic nitrogens is 2. The van der Waals surface area contributed by atoms with Crippen molar-refractivity contribution in [2.45, 2.75) is 0 Å². The molecule has 0 radical (unpaired) electrons. The molecule has 2 rings (SSSR count). The van der Waals surface area contributed by atoms with Crippen LogP contribution in [0.4, 0.5) is 8.78 Å². The summed E-state index contributed by atoms with van der Waals surface area (Å²) in [5.41, 5.74) is -0.743. The third kappa shape index (κ3) is 1.99. The summed E-state index contributed by atoms with van der Waals surface area (Å²) < 4.78 is 27.7. The van der Waals surface area contributed by atoms with Crippen molar-refractivity contribution in [2.24, 2.45) is 0 Å². The van der Waals surface area contributed by atoms with Gasteiger partial charge in [-0.05, 0) is 24.3 Å². The topological polar surface area (TPSA) is 34.9 Å². The van der Waals surface area contributed by atoms with Crippen LogP contribution in [0.2, 0.25) is 0 Å². The van der Waals surface area contributed by atoms with Crippen LogP contribution in [0.25, 0.3) is 11.8 Å². The first-order valence-corrected chi connectivity index (χ1v) is 4.80. The number of hydrogen-bond acceptors (Lipinski definition) is 2. The van der Waals surface area contributed by atoms with E-state index in [-0.39, 0.29) is 0 Å². The highest BCUT2D eigenvalue weighted by Crippen LogP contribution is 2.14. The van der Waals surface area contributed by atoms with Gasteiger partial charge in [-0.1, -0.05) is 12.6 Å². The Morgan fingerprint density at radius 2 is 1.82 bits per heavy atom. The molecule has 0 unspecified atom stereocenters. The molecular weight excluding hydrogens is 226 g/mol. The Bertz CT molecular complexity index is 614. The lowest BCUT2D eigenvalue weighted by Crippen LogP contribution is -2.22. The largest absolute Gasteiger partial charge is 0.271 e. The quantitative estimate of drug-likeness (QED) is 0.798. The van der Waals surface area contributed by atoms with E-state index in [4.69, 9.17) is 0 Å². The van der Waals surface area contributed by atoms with Gasteiger partial charge in [0.05, 0.1) is 5.69 Å². The Hall–Kier alpha value is -2.30. The van der Waals surface area contributed by atoms with E-state index in [1.807, 2.05) is 0 Å². The van der Waals surface area contributed by atoms with Crippen LogP contribution >= 0.6 is 0 Å². The second-order valence-electron chi connectivity index (χ2n) is 3.28. The molecule has 0 fully saturated rings. The monoisotopic (exact) mass is 234 g/mol. The summed E-state index contributed by atoms with van der Waals surface area (Å²) in [6.45, 7) is 3.47. The molecule has 0 bridgehead atoms. The van der Waals surface area contributed by atoms with Crippen molar-refractivity contribution >= 4 is 6.08 Å². The minimum Gasteiger partial charge on any atom is -0.267 e. The molecule has 0 saturated heterocycles. The van der Waals surface area contributed by atoms with E-state index in [9.17, 15) is 13.6 Å². The second kappa shape index (κ2) is 4.29. The first kappa shape index (κ1) is 11.2. The molecule has 0 amide bonds. The number of nitrogens with zero attached hydrogens (tertiary/aromatic N) is 2. The van der Waals surface area contributed by atoms with E-state index in [2.05, 4.69) is 11.7 Å². The van der Waals surface area contributed by atoms with Gasteiger partial charge < -0.3 is 0 Å². The standard InChI is InChI=1S/C12H8F2N2O/c1-2-8-6-7-11(17)16(15-8)12-9(13)4-3-5-10(12)14/h2-7H,1H2. The third-order valence-corrected chi connectivity index (χ3v) is 2.18. The Balaban J connectivity index is 2.76. The average Bonchev–Trinajstić information content (AvgIpc) is 2.31. The normalized spacial score (nSPS) is 10.2. The van der Waals surface area contributed by atoms with Gasteiger partial charge in [0.25, 0.3) is 5.56 Å². The maximum Gasteiger partial charge on any atom is 0.271 e. The maximum absolute atomic E-state index is 13.5. The van der Waals surface area contributed by atoms with Crippen molar-refractivity contribution in [3.63, 3.8) is 0 Å². The Morgan fingerprint density at radius 3 is 2.41 bits per heavy atom. The zero-order chi connectivity index (χ0) is 12.4. The maximum atomic E-state index is 13.5. The number of benzene rings is 1. The smallest absolute Gasteiger partial charge is 0.267 e. The third-order valence-electron chi connectivity index (χ3n) is 2.18. The van der Waals surface area contributed by atoms with Crippen molar-refractivity contribution in [3.8, 4) is 5.69 Å². The fourth-order valence-corrected chi connectivity index (χ4v) is 1.39. The number of rotatable bonds is 2. The van der Waals surface area contributed by atoms with Gasteiger partial charge in [-0.3, -0.25) is 4.79 Å². The number of para-hydroxylation sites is 1. The molecule has 5 heteroatoms. The van der Waals surface area contributed by atoms with Crippen LogP contribution in [0, 0.1) is 11.6 Å². The van der Waals surface area contributed by atoms with Gasteiger partial charge in [0.15, 0.2) is 11.6 Å². The highest BCUT2D eigenvalue weighted by molar-refractivity contribution is 5.41. The summed E-state index contributed by atoms with van der Waals surface area (Å²) in [4.78, 5) is 11.5. The lowest BCUT2D eigenvalue weighted by atomic mass is 10.3. The molecule has 1 heterocycles. The highest BCUT2D eigenvalue weighted by Gasteiger charge is 2.13. The minimum absolute atomic E-state index is 0.354. The zero-order valence-corrected chi connectivity index (χ0v) is 8.73. The molecule has 0 aliphatic rings. The summed E-state index contributed by atoms with van der Waals surface area (Å²) in [5, 5.41) is 3.79. The summed E-state index contributed by atoms with van der Waals surface area (Å²) in [6.07, 6.45) is 1.38. The molecule has 1 aromatic carbocycles. The van der Waals surface area contributed by atoms with Gasteiger partial charge in [-0.2, -0.15) is 9.78 Å². The first-order chi connectivity index (χ1) is 8.13. The molecule has 86 valence electrons. The van der Waals surface area contributed by atoms with Crippen molar-refractivity contribution in [1.29, 1.82) is 0 Å². The highest BCUT2D eigenvalue weighted by atomic mass is 19.1. The van der Waals surface area contributed by atoms with Crippen molar-refractivity contribution < 1.29 is 8.78 Å².